The van der Waals surface area contributed by atoms with Gasteiger partial charge in [0.1, 0.15) is 0 Å². The van der Waals surface area contributed by atoms with E-state index in [0.717, 1.165) is 31.5 Å². The summed E-state index contributed by atoms with van der Waals surface area (Å²) >= 11 is 0. The van der Waals surface area contributed by atoms with Gasteiger partial charge in [-0.3, -0.25) is 9.59 Å². The van der Waals surface area contributed by atoms with Crippen molar-refractivity contribution in [3.8, 4) is 11.3 Å². The summed E-state index contributed by atoms with van der Waals surface area (Å²) in [6, 6.07) is 7.39. The number of hydrogen-bond donors (Lipinski definition) is 1. The molecule has 6 nitrogen and oxygen atoms in total. The molecule has 2 amide bonds. The maximum absolute atomic E-state index is 12.6. The molecule has 0 atom stereocenters. The molecule has 6 heteroatoms. The van der Waals surface area contributed by atoms with E-state index in [2.05, 4.69) is 10.3 Å². The van der Waals surface area contributed by atoms with Crippen molar-refractivity contribution >= 4 is 11.8 Å². The van der Waals surface area contributed by atoms with Crippen LogP contribution in [0.15, 0.2) is 41.3 Å². The standard InChI is InChI=1S/C18H21N3O3/c1-13(22)20-10-14-6-8-21(9-7-14)18(23)16-4-2-15(3-5-16)17-11-19-12-24-17/h2-5,11-12,14H,6-10H2,1H3,(H,20,22). The number of oxazole rings is 1. The molecule has 1 aliphatic heterocycles. The lowest BCUT2D eigenvalue weighted by Crippen LogP contribution is -2.41. The van der Waals surface area contributed by atoms with E-state index in [-0.39, 0.29) is 11.8 Å². The van der Waals surface area contributed by atoms with Crippen molar-refractivity contribution in [3.05, 3.63) is 42.4 Å². The van der Waals surface area contributed by atoms with Crippen LogP contribution in [-0.2, 0) is 4.79 Å². The molecule has 126 valence electrons. The molecule has 1 aliphatic rings. The zero-order valence-electron chi connectivity index (χ0n) is 13.7. The highest BCUT2D eigenvalue weighted by molar-refractivity contribution is 5.94. The summed E-state index contributed by atoms with van der Waals surface area (Å²) in [7, 11) is 0. The minimum Gasteiger partial charge on any atom is -0.444 e. The van der Waals surface area contributed by atoms with Gasteiger partial charge in [-0.2, -0.15) is 0 Å². The molecule has 24 heavy (non-hydrogen) atoms. The molecule has 3 rings (SSSR count). The van der Waals surface area contributed by atoms with Gasteiger partial charge in [0.15, 0.2) is 12.2 Å². The summed E-state index contributed by atoms with van der Waals surface area (Å²) in [4.78, 5) is 29.3. The van der Waals surface area contributed by atoms with Gasteiger partial charge in [0.05, 0.1) is 6.20 Å². The number of nitrogens with one attached hydrogen (secondary N) is 1. The van der Waals surface area contributed by atoms with E-state index < -0.39 is 0 Å². The lowest BCUT2D eigenvalue weighted by Gasteiger charge is -2.32. The third-order valence-electron chi connectivity index (χ3n) is 4.39. The van der Waals surface area contributed by atoms with Gasteiger partial charge in [-0.05, 0) is 30.9 Å². The van der Waals surface area contributed by atoms with Crippen LogP contribution in [0.1, 0.15) is 30.1 Å². The van der Waals surface area contributed by atoms with Crippen molar-refractivity contribution in [1.82, 2.24) is 15.2 Å². The molecule has 0 saturated carbocycles. The molecule has 1 aromatic heterocycles. The molecular weight excluding hydrogens is 306 g/mol. The van der Waals surface area contributed by atoms with E-state index in [1.165, 1.54) is 13.3 Å². The largest absolute Gasteiger partial charge is 0.444 e. The number of amides is 2. The van der Waals surface area contributed by atoms with Gasteiger partial charge in [0, 0.05) is 37.7 Å². The van der Waals surface area contributed by atoms with E-state index in [1.54, 1.807) is 6.20 Å². The smallest absolute Gasteiger partial charge is 0.253 e. The minimum atomic E-state index is 0.000327. The molecule has 0 spiro atoms. The normalized spacial score (nSPS) is 15.3. The second-order valence-electron chi connectivity index (χ2n) is 6.12. The van der Waals surface area contributed by atoms with E-state index in [0.29, 0.717) is 23.8 Å². The highest BCUT2D eigenvalue weighted by atomic mass is 16.3. The van der Waals surface area contributed by atoms with Gasteiger partial charge in [0.25, 0.3) is 5.91 Å². The Morgan fingerprint density at radius 1 is 1.25 bits per heavy atom. The van der Waals surface area contributed by atoms with Gasteiger partial charge in [0.2, 0.25) is 5.91 Å². The first-order valence-electron chi connectivity index (χ1n) is 8.16. The Morgan fingerprint density at radius 3 is 2.54 bits per heavy atom. The summed E-state index contributed by atoms with van der Waals surface area (Å²) in [5.74, 6) is 1.19. The number of nitrogens with zero attached hydrogens (tertiary/aromatic N) is 2. The van der Waals surface area contributed by atoms with Crippen molar-refractivity contribution in [3.63, 3.8) is 0 Å². The van der Waals surface area contributed by atoms with Crippen molar-refractivity contribution in [1.29, 1.82) is 0 Å². The number of carbonyl (C=O) groups is 2. The summed E-state index contributed by atoms with van der Waals surface area (Å²) in [5, 5.41) is 2.85. The first-order valence-corrected chi connectivity index (χ1v) is 8.16. The SMILES string of the molecule is CC(=O)NCC1CCN(C(=O)c2ccc(-c3cnco3)cc2)CC1. The number of likely N-dealkylation sites (tertiary alicyclic amines) is 1. The van der Waals surface area contributed by atoms with E-state index in [9.17, 15) is 9.59 Å². The zero-order valence-corrected chi connectivity index (χ0v) is 13.7. The number of aromatic nitrogens is 1. The van der Waals surface area contributed by atoms with Crippen molar-refractivity contribution in [2.24, 2.45) is 5.92 Å². The summed E-state index contributed by atoms with van der Waals surface area (Å²) in [6.07, 6.45) is 4.88. The Hall–Kier alpha value is -2.63. The Balaban J connectivity index is 1.56. The van der Waals surface area contributed by atoms with E-state index in [4.69, 9.17) is 4.42 Å². The molecule has 1 fully saturated rings. The molecule has 2 aromatic rings. The number of rotatable bonds is 4. The molecule has 0 aliphatic carbocycles. The van der Waals surface area contributed by atoms with Crippen molar-refractivity contribution in [2.45, 2.75) is 19.8 Å². The maximum atomic E-state index is 12.6. The Labute approximate surface area is 140 Å². The van der Waals surface area contributed by atoms with Gasteiger partial charge in [-0.25, -0.2) is 4.98 Å². The first-order chi connectivity index (χ1) is 11.6. The number of benzene rings is 1. The molecule has 2 heterocycles. The molecule has 1 N–H and O–H groups in total. The fourth-order valence-corrected chi connectivity index (χ4v) is 2.95. The van der Waals surface area contributed by atoms with Crippen LogP contribution in [0.2, 0.25) is 0 Å². The first kappa shape index (κ1) is 16.2. The van der Waals surface area contributed by atoms with Crippen molar-refractivity contribution in [2.75, 3.05) is 19.6 Å². The summed E-state index contributed by atoms with van der Waals surface area (Å²) in [6.45, 7) is 3.68. The van der Waals surface area contributed by atoms with Gasteiger partial charge in [-0.1, -0.05) is 12.1 Å². The number of carbonyl (C=O) groups excluding carboxylic acids is 2. The molecule has 0 bridgehead atoms. The van der Waals surface area contributed by atoms with Crippen LogP contribution in [0.3, 0.4) is 0 Å². The predicted octanol–water partition coefficient (Wildman–Crippen LogP) is 2.33. The molecule has 1 aromatic carbocycles. The molecule has 0 unspecified atom stereocenters. The van der Waals surface area contributed by atoms with Crippen LogP contribution in [0, 0.1) is 5.92 Å². The Kier molecular flexibility index (Phi) is 4.93. The number of piperidine rings is 1. The van der Waals surface area contributed by atoms with Crippen LogP contribution in [-0.4, -0.2) is 41.3 Å². The second-order valence-corrected chi connectivity index (χ2v) is 6.12. The minimum absolute atomic E-state index is 0.000327. The van der Waals surface area contributed by atoms with E-state index >= 15 is 0 Å². The number of hydrogen-bond acceptors (Lipinski definition) is 4. The third-order valence-corrected chi connectivity index (χ3v) is 4.39. The Morgan fingerprint density at radius 2 is 1.96 bits per heavy atom. The average Bonchev–Trinajstić information content (AvgIpc) is 3.14. The second kappa shape index (κ2) is 7.29. The summed E-state index contributed by atoms with van der Waals surface area (Å²) < 4.78 is 5.25. The zero-order chi connectivity index (χ0) is 16.9. The third kappa shape index (κ3) is 3.82. The van der Waals surface area contributed by atoms with Gasteiger partial charge >= 0.3 is 0 Å². The Bertz CT molecular complexity index is 687. The van der Waals surface area contributed by atoms with Crippen molar-refractivity contribution < 1.29 is 14.0 Å². The average molecular weight is 327 g/mol. The van der Waals surface area contributed by atoms with Crippen LogP contribution in [0.4, 0.5) is 0 Å². The van der Waals surface area contributed by atoms with Crippen LogP contribution in [0.25, 0.3) is 11.3 Å². The van der Waals surface area contributed by atoms with Crippen LogP contribution >= 0.6 is 0 Å². The quantitative estimate of drug-likeness (QED) is 0.935. The summed E-state index contributed by atoms with van der Waals surface area (Å²) in [5.41, 5.74) is 1.58. The highest BCUT2D eigenvalue weighted by Gasteiger charge is 2.23. The molecule has 0 radical (unpaired) electrons. The predicted molar refractivity (Wildman–Crippen MR) is 89.3 cm³/mol. The fraction of sp³-hybridized carbons (Fsp3) is 0.389. The molecular formula is C18H21N3O3. The molecule has 1 saturated heterocycles. The van der Waals surface area contributed by atoms with E-state index in [1.807, 2.05) is 29.2 Å². The van der Waals surface area contributed by atoms with Gasteiger partial charge in [-0.15, -0.1) is 0 Å². The monoisotopic (exact) mass is 327 g/mol. The fourth-order valence-electron chi connectivity index (χ4n) is 2.95. The lowest BCUT2D eigenvalue weighted by atomic mass is 9.96. The highest BCUT2D eigenvalue weighted by Crippen LogP contribution is 2.21. The van der Waals surface area contributed by atoms with Gasteiger partial charge < -0.3 is 14.6 Å². The topological polar surface area (TPSA) is 75.4 Å². The van der Waals surface area contributed by atoms with Crippen LogP contribution in [0.5, 0.6) is 0 Å². The maximum Gasteiger partial charge on any atom is 0.253 e. The van der Waals surface area contributed by atoms with Crippen LogP contribution < -0.4 is 5.32 Å². The lowest BCUT2D eigenvalue weighted by molar-refractivity contribution is -0.119.